The van der Waals surface area contributed by atoms with Crippen LogP contribution >= 0.6 is 0 Å². The molecule has 0 bridgehead atoms. The molecule has 6 nitrogen and oxygen atoms in total. The molecule has 0 spiro atoms. The molecule has 0 saturated heterocycles. The molecule has 6 heteroatoms. The van der Waals surface area contributed by atoms with E-state index in [1.165, 1.54) is 6.20 Å². The number of nitrogens with one attached hydrogen (secondary N) is 1. The molecule has 0 unspecified atom stereocenters. The van der Waals surface area contributed by atoms with Crippen molar-refractivity contribution >= 4 is 17.8 Å². The first-order valence-corrected chi connectivity index (χ1v) is 5.62. The molecule has 0 atom stereocenters. The number of aromatic nitrogens is 1. The van der Waals surface area contributed by atoms with Crippen LogP contribution in [0.2, 0.25) is 0 Å². The SMILES string of the molecule is CC(C)OC(=O)c1cccnc1NCCC(=O)O. The first-order chi connectivity index (χ1) is 8.50. The summed E-state index contributed by atoms with van der Waals surface area (Å²) in [6, 6.07) is 3.21. The quantitative estimate of drug-likeness (QED) is 0.746. The van der Waals surface area contributed by atoms with Crippen LogP contribution in [-0.2, 0) is 9.53 Å². The lowest BCUT2D eigenvalue weighted by atomic mass is 10.2. The van der Waals surface area contributed by atoms with Gasteiger partial charge >= 0.3 is 11.9 Å². The Morgan fingerprint density at radius 3 is 2.83 bits per heavy atom. The predicted molar refractivity (Wildman–Crippen MR) is 65.5 cm³/mol. The van der Waals surface area contributed by atoms with E-state index in [4.69, 9.17) is 9.84 Å². The minimum Gasteiger partial charge on any atom is -0.481 e. The van der Waals surface area contributed by atoms with E-state index in [0.29, 0.717) is 11.4 Å². The van der Waals surface area contributed by atoms with Gasteiger partial charge in [-0.2, -0.15) is 0 Å². The van der Waals surface area contributed by atoms with Gasteiger partial charge in [0.25, 0.3) is 0 Å². The number of pyridine rings is 1. The van der Waals surface area contributed by atoms with E-state index in [1.807, 2.05) is 0 Å². The molecule has 0 aliphatic carbocycles. The molecule has 1 aromatic rings. The summed E-state index contributed by atoms with van der Waals surface area (Å²) in [6.45, 7) is 3.71. The molecule has 0 aliphatic rings. The zero-order chi connectivity index (χ0) is 13.5. The summed E-state index contributed by atoms with van der Waals surface area (Å²) in [5.74, 6) is -1.05. The Bertz CT molecular complexity index is 432. The molecule has 0 radical (unpaired) electrons. The molecule has 1 aromatic heterocycles. The number of nitrogens with zero attached hydrogens (tertiary/aromatic N) is 1. The van der Waals surface area contributed by atoms with Crippen molar-refractivity contribution in [3.05, 3.63) is 23.9 Å². The van der Waals surface area contributed by atoms with Crippen molar-refractivity contribution in [3.8, 4) is 0 Å². The molecule has 0 fully saturated rings. The van der Waals surface area contributed by atoms with E-state index in [2.05, 4.69) is 10.3 Å². The number of carboxylic acids is 1. The van der Waals surface area contributed by atoms with Crippen molar-refractivity contribution in [3.63, 3.8) is 0 Å². The summed E-state index contributed by atoms with van der Waals surface area (Å²) >= 11 is 0. The third-order valence-corrected chi connectivity index (χ3v) is 2.00. The molecule has 98 valence electrons. The van der Waals surface area contributed by atoms with Gasteiger partial charge in [0.15, 0.2) is 0 Å². The topological polar surface area (TPSA) is 88.5 Å². The van der Waals surface area contributed by atoms with Crippen LogP contribution in [0.25, 0.3) is 0 Å². The minimum atomic E-state index is -0.912. The highest BCUT2D eigenvalue weighted by Gasteiger charge is 2.14. The number of rotatable bonds is 6. The number of carbonyl (C=O) groups excluding carboxylic acids is 1. The summed E-state index contributed by atoms with van der Waals surface area (Å²) in [4.78, 5) is 26.2. The van der Waals surface area contributed by atoms with Crippen molar-refractivity contribution in [2.75, 3.05) is 11.9 Å². The van der Waals surface area contributed by atoms with Crippen LogP contribution in [0.1, 0.15) is 30.6 Å². The Morgan fingerprint density at radius 2 is 2.22 bits per heavy atom. The van der Waals surface area contributed by atoms with Crippen LogP contribution < -0.4 is 5.32 Å². The number of hydrogen-bond acceptors (Lipinski definition) is 5. The third-order valence-electron chi connectivity index (χ3n) is 2.00. The van der Waals surface area contributed by atoms with Crippen molar-refractivity contribution in [1.29, 1.82) is 0 Å². The van der Waals surface area contributed by atoms with E-state index >= 15 is 0 Å². The number of esters is 1. The molecule has 18 heavy (non-hydrogen) atoms. The fourth-order valence-corrected chi connectivity index (χ4v) is 1.28. The maximum absolute atomic E-state index is 11.8. The van der Waals surface area contributed by atoms with Crippen LogP contribution in [0.3, 0.4) is 0 Å². The summed E-state index contributed by atoms with van der Waals surface area (Å²) < 4.78 is 5.07. The van der Waals surface area contributed by atoms with Crippen molar-refractivity contribution in [2.45, 2.75) is 26.4 Å². The van der Waals surface area contributed by atoms with Gasteiger partial charge in [0.2, 0.25) is 0 Å². The van der Waals surface area contributed by atoms with E-state index in [9.17, 15) is 9.59 Å². The standard InChI is InChI=1S/C12H16N2O4/c1-8(2)18-12(17)9-4-3-6-13-11(9)14-7-5-10(15)16/h3-4,6,8H,5,7H2,1-2H3,(H,13,14)(H,15,16). The van der Waals surface area contributed by atoms with Crippen molar-refractivity contribution < 1.29 is 19.4 Å². The highest BCUT2D eigenvalue weighted by atomic mass is 16.5. The number of carbonyl (C=O) groups is 2. The second kappa shape index (κ2) is 6.58. The average molecular weight is 252 g/mol. The van der Waals surface area contributed by atoms with E-state index in [0.717, 1.165) is 0 Å². The lowest BCUT2D eigenvalue weighted by Crippen LogP contribution is -2.16. The average Bonchev–Trinajstić information content (AvgIpc) is 2.28. The van der Waals surface area contributed by atoms with Gasteiger partial charge < -0.3 is 15.2 Å². The number of aliphatic carboxylic acids is 1. The van der Waals surface area contributed by atoms with Crippen molar-refractivity contribution in [2.24, 2.45) is 0 Å². The molecular formula is C12H16N2O4. The Balaban J connectivity index is 2.73. The number of hydrogen-bond donors (Lipinski definition) is 2. The third kappa shape index (κ3) is 4.40. The molecular weight excluding hydrogens is 236 g/mol. The highest BCUT2D eigenvalue weighted by molar-refractivity contribution is 5.94. The second-order valence-corrected chi connectivity index (χ2v) is 3.92. The zero-order valence-corrected chi connectivity index (χ0v) is 10.3. The Kier molecular flexibility index (Phi) is 5.10. The monoisotopic (exact) mass is 252 g/mol. The smallest absolute Gasteiger partial charge is 0.342 e. The molecule has 1 heterocycles. The molecule has 0 aliphatic heterocycles. The molecule has 1 rings (SSSR count). The van der Waals surface area contributed by atoms with Gasteiger partial charge in [-0.1, -0.05) is 0 Å². The number of carboxylic acid groups (broad SMARTS) is 1. The van der Waals surface area contributed by atoms with Gasteiger partial charge in [0.05, 0.1) is 12.5 Å². The van der Waals surface area contributed by atoms with Crippen LogP contribution in [0.15, 0.2) is 18.3 Å². The Labute approximate surface area is 105 Å². The zero-order valence-electron chi connectivity index (χ0n) is 10.3. The summed E-state index contributed by atoms with van der Waals surface area (Å²) in [5.41, 5.74) is 0.302. The largest absolute Gasteiger partial charge is 0.481 e. The normalized spacial score (nSPS) is 10.2. The van der Waals surface area contributed by atoms with Crippen LogP contribution in [0.4, 0.5) is 5.82 Å². The molecule has 0 aromatic carbocycles. The lowest BCUT2D eigenvalue weighted by Gasteiger charge is -2.11. The first-order valence-electron chi connectivity index (χ1n) is 5.62. The maximum Gasteiger partial charge on any atom is 0.342 e. The maximum atomic E-state index is 11.8. The second-order valence-electron chi connectivity index (χ2n) is 3.92. The summed E-state index contributed by atoms with van der Waals surface area (Å²) in [6.07, 6.45) is 1.26. The first kappa shape index (κ1) is 14.0. The van der Waals surface area contributed by atoms with Crippen molar-refractivity contribution in [1.82, 2.24) is 4.98 Å². The van der Waals surface area contributed by atoms with Gasteiger partial charge in [0.1, 0.15) is 11.4 Å². The molecule has 2 N–H and O–H groups in total. The fourth-order valence-electron chi connectivity index (χ4n) is 1.28. The molecule has 0 amide bonds. The Hall–Kier alpha value is -2.11. The van der Waals surface area contributed by atoms with Gasteiger partial charge in [-0.05, 0) is 26.0 Å². The van der Waals surface area contributed by atoms with Gasteiger partial charge in [0, 0.05) is 12.7 Å². The van der Waals surface area contributed by atoms with Crippen LogP contribution in [0, 0.1) is 0 Å². The highest BCUT2D eigenvalue weighted by Crippen LogP contribution is 2.13. The van der Waals surface area contributed by atoms with Crippen LogP contribution in [-0.4, -0.2) is 34.7 Å². The summed E-state index contributed by atoms with van der Waals surface area (Å²) in [7, 11) is 0. The summed E-state index contributed by atoms with van der Waals surface area (Å²) in [5, 5.41) is 11.3. The van der Waals surface area contributed by atoms with E-state index in [1.54, 1.807) is 26.0 Å². The van der Waals surface area contributed by atoms with Gasteiger partial charge in [-0.25, -0.2) is 9.78 Å². The van der Waals surface area contributed by atoms with Gasteiger partial charge in [-0.15, -0.1) is 0 Å². The van der Waals surface area contributed by atoms with Crippen LogP contribution in [0.5, 0.6) is 0 Å². The molecule has 0 saturated carbocycles. The van der Waals surface area contributed by atoms with E-state index in [-0.39, 0.29) is 19.1 Å². The van der Waals surface area contributed by atoms with E-state index < -0.39 is 11.9 Å². The van der Waals surface area contributed by atoms with Gasteiger partial charge in [-0.3, -0.25) is 4.79 Å². The predicted octanol–water partition coefficient (Wildman–Crippen LogP) is 1.53. The fraction of sp³-hybridized carbons (Fsp3) is 0.417. The lowest BCUT2D eigenvalue weighted by molar-refractivity contribution is -0.136. The number of ether oxygens (including phenoxy) is 1. The Morgan fingerprint density at radius 1 is 1.50 bits per heavy atom. The number of anilines is 1. The minimum absolute atomic E-state index is 0.0464.